The molecule has 5 heteroatoms. The molecule has 0 unspecified atom stereocenters. The van der Waals surface area contributed by atoms with E-state index in [4.69, 9.17) is 4.74 Å². The van der Waals surface area contributed by atoms with Gasteiger partial charge in [-0.2, -0.15) is 5.10 Å². The minimum Gasteiger partial charge on any atom is -0.444 e. The molecule has 2 heterocycles. The number of amides is 1. The molecule has 0 aromatic carbocycles. The molecule has 114 valence electrons. The number of carbonyl (C=O) groups excluding carboxylic acids is 1. The molecule has 1 aliphatic rings. The van der Waals surface area contributed by atoms with E-state index in [-0.39, 0.29) is 6.09 Å². The minimum absolute atomic E-state index is 0.283. The Hall–Kier alpha value is -2.04. The van der Waals surface area contributed by atoms with Crippen molar-refractivity contribution in [1.82, 2.24) is 14.7 Å². The first kappa shape index (κ1) is 15.4. The van der Waals surface area contributed by atoms with Crippen LogP contribution in [0, 0.1) is 0 Å². The summed E-state index contributed by atoms with van der Waals surface area (Å²) in [5, 5.41) is 4.53. The number of hydrogen-bond donors (Lipinski definition) is 0. The highest BCUT2D eigenvalue weighted by atomic mass is 16.6. The lowest BCUT2D eigenvalue weighted by Gasteiger charge is -2.24. The molecule has 0 saturated heterocycles. The number of rotatable bonds is 3. The quantitative estimate of drug-likeness (QED) is 0.802. The Labute approximate surface area is 125 Å². The first-order valence-electron chi connectivity index (χ1n) is 7.10. The normalized spacial score (nSPS) is 15.0. The molecular weight excluding hydrogens is 266 g/mol. The molecule has 2 rings (SSSR count). The van der Waals surface area contributed by atoms with Crippen molar-refractivity contribution in [2.24, 2.45) is 0 Å². The van der Waals surface area contributed by atoms with Gasteiger partial charge >= 0.3 is 6.09 Å². The van der Waals surface area contributed by atoms with Crippen LogP contribution in [0.2, 0.25) is 0 Å². The first-order chi connectivity index (χ1) is 9.78. The van der Waals surface area contributed by atoms with E-state index < -0.39 is 5.60 Å². The molecule has 0 spiro atoms. The number of allylic oxidation sites excluding steroid dienone is 3. The van der Waals surface area contributed by atoms with E-state index in [1.165, 1.54) is 5.57 Å². The topological polar surface area (TPSA) is 47.4 Å². The van der Waals surface area contributed by atoms with Crippen molar-refractivity contribution in [1.29, 1.82) is 0 Å². The molecule has 1 aromatic heterocycles. The predicted molar refractivity (Wildman–Crippen MR) is 81.7 cm³/mol. The van der Waals surface area contributed by atoms with Crippen LogP contribution in [-0.2, 0) is 24.4 Å². The molecular formula is C16H23N3O2. The van der Waals surface area contributed by atoms with Crippen molar-refractivity contribution < 1.29 is 9.53 Å². The van der Waals surface area contributed by atoms with Crippen LogP contribution in [0.4, 0.5) is 4.79 Å². The highest BCUT2D eigenvalue weighted by Crippen LogP contribution is 2.23. The molecule has 0 saturated carbocycles. The number of fused-ring (bicyclic) bond motifs is 1. The number of hydrogen-bond acceptors (Lipinski definition) is 3. The summed E-state index contributed by atoms with van der Waals surface area (Å²) >= 11 is 0. The molecule has 5 nitrogen and oxygen atoms in total. The average molecular weight is 289 g/mol. The van der Waals surface area contributed by atoms with Crippen molar-refractivity contribution >= 4 is 6.09 Å². The molecule has 1 aromatic rings. The Bertz CT molecular complexity index is 555. The van der Waals surface area contributed by atoms with Crippen LogP contribution < -0.4 is 0 Å². The van der Waals surface area contributed by atoms with Crippen molar-refractivity contribution in [3.63, 3.8) is 0 Å². The van der Waals surface area contributed by atoms with Crippen LogP contribution in [0.1, 0.15) is 39.0 Å². The van der Waals surface area contributed by atoms with Crippen LogP contribution in [0.3, 0.4) is 0 Å². The largest absolute Gasteiger partial charge is 0.444 e. The van der Waals surface area contributed by atoms with Gasteiger partial charge in [-0.1, -0.05) is 24.3 Å². The van der Waals surface area contributed by atoms with Gasteiger partial charge in [0, 0.05) is 11.8 Å². The summed E-state index contributed by atoms with van der Waals surface area (Å²) in [7, 11) is 0. The number of aromatic nitrogens is 2. The van der Waals surface area contributed by atoms with Gasteiger partial charge in [0.2, 0.25) is 0 Å². The van der Waals surface area contributed by atoms with Gasteiger partial charge in [0.1, 0.15) is 5.60 Å². The highest BCUT2D eigenvalue weighted by Gasteiger charge is 2.29. The lowest BCUT2D eigenvalue weighted by atomic mass is 10.2. The van der Waals surface area contributed by atoms with E-state index in [9.17, 15) is 4.79 Å². The lowest BCUT2D eigenvalue weighted by Crippen LogP contribution is -2.33. The smallest absolute Gasteiger partial charge is 0.410 e. The van der Waals surface area contributed by atoms with Gasteiger partial charge in [-0.05, 0) is 27.7 Å². The fourth-order valence-corrected chi connectivity index (χ4v) is 2.26. The maximum absolute atomic E-state index is 12.0. The van der Waals surface area contributed by atoms with Crippen LogP contribution in [-0.4, -0.2) is 26.4 Å². The second kappa shape index (κ2) is 5.76. The molecule has 0 radical (unpaired) electrons. The van der Waals surface area contributed by atoms with E-state index in [0.29, 0.717) is 13.1 Å². The summed E-state index contributed by atoms with van der Waals surface area (Å²) in [6.07, 6.45) is 5.46. The van der Waals surface area contributed by atoms with E-state index in [2.05, 4.69) is 11.7 Å². The highest BCUT2D eigenvalue weighted by molar-refractivity contribution is 5.69. The Morgan fingerprint density at radius 1 is 1.48 bits per heavy atom. The maximum atomic E-state index is 12.0. The van der Waals surface area contributed by atoms with Crippen molar-refractivity contribution in [3.05, 3.63) is 41.8 Å². The molecule has 21 heavy (non-hydrogen) atoms. The Kier molecular flexibility index (Phi) is 4.21. The van der Waals surface area contributed by atoms with E-state index in [1.54, 1.807) is 11.0 Å². The van der Waals surface area contributed by atoms with Crippen LogP contribution in [0.25, 0.3) is 0 Å². The molecule has 0 atom stereocenters. The monoisotopic (exact) mass is 289 g/mol. The summed E-state index contributed by atoms with van der Waals surface area (Å²) in [5.41, 5.74) is 2.76. The van der Waals surface area contributed by atoms with Crippen LogP contribution >= 0.6 is 0 Å². The second-order valence-electron chi connectivity index (χ2n) is 6.38. The zero-order chi connectivity index (χ0) is 15.6. The van der Waals surface area contributed by atoms with Gasteiger partial charge in [0.05, 0.1) is 25.3 Å². The summed E-state index contributed by atoms with van der Waals surface area (Å²) in [6, 6.07) is 0. The number of nitrogens with zero attached hydrogens (tertiary/aromatic N) is 3. The summed E-state index contributed by atoms with van der Waals surface area (Å²) in [4.78, 5) is 13.7. The van der Waals surface area contributed by atoms with Crippen molar-refractivity contribution in [3.8, 4) is 0 Å². The molecule has 1 aliphatic heterocycles. The maximum Gasteiger partial charge on any atom is 0.410 e. The zero-order valence-electron chi connectivity index (χ0n) is 13.2. The van der Waals surface area contributed by atoms with Gasteiger partial charge in [-0.25, -0.2) is 4.79 Å². The fraction of sp³-hybridized carbons (Fsp3) is 0.500. The van der Waals surface area contributed by atoms with Gasteiger partial charge in [-0.15, -0.1) is 0 Å². The average Bonchev–Trinajstić information content (AvgIpc) is 2.84. The number of ether oxygens (including phenoxy) is 1. The zero-order valence-corrected chi connectivity index (χ0v) is 13.2. The van der Waals surface area contributed by atoms with Gasteiger partial charge in [0.15, 0.2) is 0 Å². The first-order valence-corrected chi connectivity index (χ1v) is 7.10. The summed E-state index contributed by atoms with van der Waals surface area (Å²) < 4.78 is 7.29. The molecule has 1 amide bonds. The molecule has 0 N–H and O–H groups in total. The third-order valence-electron chi connectivity index (χ3n) is 3.09. The molecule has 0 aliphatic carbocycles. The van der Waals surface area contributed by atoms with Crippen molar-refractivity contribution in [2.75, 3.05) is 0 Å². The SMILES string of the molecule is C=C/C=C(\C)Cn1cc2c(n1)CN(C(=O)OC(C)(C)C)C2. The summed E-state index contributed by atoms with van der Waals surface area (Å²) in [5.74, 6) is 0. The third-order valence-corrected chi connectivity index (χ3v) is 3.09. The van der Waals surface area contributed by atoms with Gasteiger partial charge < -0.3 is 4.74 Å². The Balaban J connectivity index is 1.99. The Morgan fingerprint density at radius 3 is 2.76 bits per heavy atom. The second-order valence-corrected chi connectivity index (χ2v) is 6.38. The van der Waals surface area contributed by atoms with Gasteiger partial charge in [0.25, 0.3) is 0 Å². The van der Waals surface area contributed by atoms with Crippen LogP contribution in [0.15, 0.2) is 30.5 Å². The van der Waals surface area contributed by atoms with E-state index in [0.717, 1.165) is 17.8 Å². The molecule has 0 bridgehead atoms. The van der Waals surface area contributed by atoms with E-state index >= 15 is 0 Å². The predicted octanol–water partition coefficient (Wildman–Crippen LogP) is 3.27. The van der Waals surface area contributed by atoms with E-state index in [1.807, 2.05) is 44.6 Å². The summed E-state index contributed by atoms with van der Waals surface area (Å²) in [6.45, 7) is 13.2. The number of carbonyl (C=O) groups is 1. The standard InChI is InChI=1S/C16H23N3O2/c1-6-7-12(2)8-19-10-13-9-18(11-14(13)17-19)15(20)21-16(3,4)5/h6-7,10H,1,8-9,11H2,2-5H3/b12-7+. The van der Waals surface area contributed by atoms with Crippen molar-refractivity contribution in [2.45, 2.75) is 52.9 Å². The molecule has 0 fully saturated rings. The Morgan fingerprint density at radius 2 is 2.19 bits per heavy atom. The van der Waals surface area contributed by atoms with Crippen LogP contribution in [0.5, 0.6) is 0 Å². The third kappa shape index (κ3) is 3.97. The lowest BCUT2D eigenvalue weighted by molar-refractivity contribution is 0.0239. The minimum atomic E-state index is -0.469. The fourth-order valence-electron chi connectivity index (χ4n) is 2.26. The van der Waals surface area contributed by atoms with Gasteiger partial charge in [-0.3, -0.25) is 9.58 Å².